The van der Waals surface area contributed by atoms with Crippen molar-refractivity contribution in [1.29, 1.82) is 0 Å². The highest BCUT2D eigenvalue weighted by Crippen LogP contribution is 2.27. The minimum absolute atomic E-state index is 0.0991. The Hall–Kier alpha value is -1.47. The highest BCUT2D eigenvalue weighted by molar-refractivity contribution is 9.10. The van der Waals surface area contributed by atoms with Gasteiger partial charge in [-0.3, -0.25) is 4.79 Å². The lowest BCUT2D eigenvalue weighted by Gasteiger charge is -2.01. The van der Waals surface area contributed by atoms with Crippen LogP contribution in [0.15, 0.2) is 22.1 Å². The van der Waals surface area contributed by atoms with Gasteiger partial charge in [0, 0.05) is 16.0 Å². The summed E-state index contributed by atoms with van der Waals surface area (Å²) in [6, 6.07) is 1.88. The van der Waals surface area contributed by atoms with Gasteiger partial charge in [0.2, 0.25) is 0 Å². The highest BCUT2D eigenvalue weighted by atomic mass is 79.9. The Morgan fingerprint density at radius 2 is 2.25 bits per heavy atom. The number of nitrogens with zero attached hydrogens (tertiary/aromatic N) is 2. The SMILES string of the molecule is NC(=O)c1cnc(-c2cc(Br)cs2)nc1N. The standard InChI is InChI=1S/C9H7BrN4OS/c10-4-1-6(16-3-4)9-13-2-5(8(12)15)7(11)14-9/h1-3H,(H2,12,15)(H2,11,13,14). The third-order valence-electron chi connectivity index (χ3n) is 1.87. The molecule has 2 rings (SSSR count). The molecule has 0 saturated carbocycles. The summed E-state index contributed by atoms with van der Waals surface area (Å²) in [6.07, 6.45) is 1.34. The predicted octanol–water partition coefficient (Wildman–Crippen LogP) is 1.65. The summed E-state index contributed by atoms with van der Waals surface area (Å²) >= 11 is 4.82. The Kier molecular flexibility index (Phi) is 2.88. The molecule has 0 unspecified atom stereocenters. The number of carbonyl (C=O) groups is 1. The van der Waals surface area contributed by atoms with Crippen LogP contribution in [0.1, 0.15) is 10.4 Å². The summed E-state index contributed by atoms with van der Waals surface area (Å²) in [5.41, 5.74) is 10.8. The lowest BCUT2D eigenvalue weighted by molar-refractivity contribution is 0.100. The van der Waals surface area contributed by atoms with E-state index in [-0.39, 0.29) is 11.4 Å². The first kappa shape index (κ1) is 11.0. The molecule has 82 valence electrons. The van der Waals surface area contributed by atoms with Gasteiger partial charge < -0.3 is 11.5 Å². The van der Waals surface area contributed by atoms with Gasteiger partial charge in [0.15, 0.2) is 5.82 Å². The van der Waals surface area contributed by atoms with E-state index in [1.54, 1.807) is 0 Å². The second-order valence-corrected chi connectivity index (χ2v) is 4.81. The van der Waals surface area contributed by atoms with Crippen LogP contribution in [0.4, 0.5) is 5.82 Å². The number of halogens is 1. The van der Waals surface area contributed by atoms with Crippen molar-refractivity contribution in [2.45, 2.75) is 0 Å². The van der Waals surface area contributed by atoms with E-state index in [2.05, 4.69) is 25.9 Å². The minimum Gasteiger partial charge on any atom is -0.383 e. The highest BCUT2D eigenvalue weighted by Gasteiger charge is 2.11. The van der Waals surface area contributed by atoms with Crippen molar-refractivity contribution in [1.82, 2.24) is 9.97 Å². The van der Waals surface area contributed by atoms with E-state index in [0.717, 1.165) is 9.35 Å². The Labute approximate surface area is 104 Å². The second kappa shape index (κ2) is 4.18. The molecule has 7 heteroatoms. The Bertz CT molecular complexity index is 554. The molecule has 0 aliphatic carbocycles. The zero-order chi connectivity index (χ0) is 11.7. The molecule has 0 spiro atoms. The monoisotopic (exact) mass is 298 g/mol. The third-order valence-corrected chi connectivity index (χ3v) is 3.56. The maximum absolute atomic E-state index is 10.9. The van der Waals surface area contributed by atoms with Gasteiger partial charge in [0.25, 0.3) is 5.91 Å². The molecule has 0 fully saturated rings. The van der Waals surface area contributed by atoms with Crippen LogP contribution in [0.5, 0.6) is 0 Å². The minimum atomic E-state index is -0.628. The predicted molar refractivity (Wildman–Crippen MR) is 66.0 cm³/mol. The van der Waals surface area contributed by atoms with Crippen molar-refractivity contribution in [3.8, 4) is 10.7 Å². The average molecular weight is 299 g/mol. The van der Waals surface area contributed by atoms with Crippen molar-refractivity contribution < 1.29 is 4.79 Å². The van der Waals surface area contributed by atoms with Crippen molar-refractivity contribution in [2.75, 3.05) is 5.73 Å². The van der Waals surface area contributed by atoms with E-state index in [1.807, 2.05) is 11.4 Å². The van der Waals surface area contributed by atoms with Crippen LogP contribution in [0.25, 0.3) is 10.7 Å². The summed E-state index contributed by atoms with van der Waals surface area (Å²) in [5, 5.41) is 1.91. The van der Waals surface area contributed by atoms with Crippen LogP contribution in [-0.2, 0) is 0 Å². The number of aromatic nitrogens is 2. The third kappa shape index (κ3) is 2.05. The van der Waals surface area contributed by atoms with E-state index in [1.165, 1.54) is 17.5 Å². The zero-order valence-electron chi connectivity index (χ0n) is 7.98. The maximum Gasteiger partial charge on any atom is 0.254 e. The van der Waals surface area contributed by atoms with Crippen LogP contribution in [0.2, 0.25) is 0 Å². The molecule has 4 N–H and O–H groups in total. The number of hydrogen-bond donors (Lipinski definition) is 2. The van der Waals surface area contributed by atoms with Crippen molar-refractivity contribution in [3.05, 3.63) is 27.7 Å². The van der Waals surface area contributed by atoms with Gasteiger partial charge >= 0.3 is 0 Å². The van der Waals surface area contributed by atoms with Gasteiger partial charge in [-0.25, -0.2) is 9.97 Å². The summed E-state index contributed by atoms with van der Waals surface area (Å²) in [4.78, 5) is 19.9. The fourth-order valence-corrected chi connectivity index (χ4v) is 2.50. The first-order valence-corrected chi connectivity index (χ1v) is 5.92. The van der Waals surface area contributed by atoms with Gasteiger partial charge in [-0.1, -0.05) is 0 Å². The molecular formula is C9H7BrN4OS. The first-order chi connectivity index (χ1) is 7.58. The van der Waals surface area contributed by atoms with Crippen molar-refractivity contribution >= 4 is 39.0 Å². The van der Waals surface area contributed by atoms with Gasteiger partial charge in [0.05, 0.1) is 10.4 Å². The fraction of sp³-hybridized carbons (Fsp3) is 0. The normalized spacial score (nSPS) is 10.3. The number of nitrogen functional groups attached to an aromatic ring is 1. The molecule has 0 radical (unpaired) electrons. The Balaban J connectivity index is 2.45. The van der Waals surface area contributed by atoms with Gasteiger partial charge in [0.1, 0.15) is 5.82 Å². The lowest BCUT2D eigenvalue weighted by atomic mass is 10.3. The number of rotatable bonds is 2. The van der Waals surface area contributed by atoms with Gasteiger partial charge in [-0.05, 0) is 22.0 Å². The largest absolute Gasteiger partial charge is 0.383 e. The molecule has 0 aliphatic rings. The average Bonchev–Trinajstić information content (AvgIpc) is 2.64. The zero-order valence-corrected chi connectivity index (χ0v) is 10.4. The Morgan fingerprint density at radius 1 is 1.50 bits per heavy atom. The molecule has 0 aromatic carbocycles. The van der Waals surface area contributed by atoms with Crippen molar-refractivity contribution in [2.24, 2.45) is 5.73 Å². The summed E-state index contributed by atoms with van der Waals surface area (Å²) < 4.78 is 0.952. The molecule has 0 saturated heterocycles. The summed E-state index contributed by atoms with van der Waals surface area (Å²) in [7, 11) is 0. The molecule has 0 aliphatic heterocycles. The molecule has 2 aromatic rings. The van der Waals surface area contributed by atoms with E-state index in [4.69, 9.17) is 11.5 Å². The molecule has 5 nitrogen and oxygen atoms in total. The summed E-state index contributed by atoms with van der Waals surface area (Å²) in [5.74, 6) is -0.0448. The van der Waals surface area contributed by atoms with Crippen LogP contribution >= 0.6 is 27.3 Å². The molecule has 1 amide bonds. The van der Waals surface area contributed by atoms with Gasteiger partial charge in [-0.2, -0.15) is 0 Å². The van der Waals surface area contributed by atoms with Crippen LogP contribution in [0, 0.1) is 0 Å². The summed E-state index contributed by atoms with van der Waals surface area (Å²) in [6.45, 7) is 0. The molecule has 0 bridgehead atoms. The van der Waals surface area contributed by atoms with E-state index >= 15 is 0 Å². The number of thiophene rings is 1. The molecule has 0 atom stereocenters. The maximum atomic E-state index is 10.9. The second-order valence-electron chi connectivity index (χ2n) is 2.99. The topological polar surface area (TPSA) is 94.9 Å². The number of nitrogens with two attached hydrogens (primary N) is 2. The van der Waals surface area contributed by atoms with E-state index in [9.17, 15) is 4.79 Å². The number of carbonyl (C=O) groups excluding carboxylic acids is 1. The number of hydrogen-bond acceptors (Lipinski definition) is 5. The van der Waals surface area contributed by atoms with E-state index < -0.39 is 5.91 Å². The quantitative estimate of drug-likeness (QED) is 0.881. The molecular weight excluding hydrogens is 292 g/mol. The van der Waals surface area contributed by atoms with E-state index in [0.29, 0.717) is 5.82 Å². The fourth-order valence-electron chi connectivity index (χ4n) is 1.13. The Morgan fingerprint density at radius 3 is 2.75 bits per heavy atom. The van der Waals surface area contributed by atoms with Crippen LogP contribution in [-0.4, -0.2) is 15.9 Å². The van der Waals surface area contributed by atoms with Crippen LogP contribution in [0.3, 0.4) is 0 Å². The number of anilines is 1. The lowest BCUT2D eigenvalue weighted by Crippen LogP contribution is -2.15. The first-order valence-electron chi connectivity index (χ1n) is 4.24. The van der Waals surface area contributed by atoms with Crippen molar-refractivity contribution in [3.63, 3.8) is 0 Å². The van der Waals surface area contributed by atoms with Crippen LogP contribution < -0.4 is 11.5 Å². The number of amides is 1. The van der Waals surface area contributed by atoms with Gasteiger partial charge in [-0.15, -0.1) is 11.3 Å². The molecule has 2 heterocycles. The number of primary amides is 1. The molecule has 16 heavy (non-hydrogen) atoms. The smallest absolute Gasteiger partial charge is 0.254 e. The molecule has 2 aromatic heterocycles.